The van der Waals surface area contributed by atoms with Crippen molar-refractivity contribution in [2.24, 2.45) is 11.5 Å². The van der Waals surface area contributed by atoms with Gasteiger partial charge in [0.2, 0.25) is 0 Å². The van der Waals surface area contributed by atoms with Crippen molar-refractivity contribution in [1.29, 1.82) is 10.8 Å². The first kappa shape index (κ1) is 13.3. The average Bonchev–Trinajstić information content (AvgIpc) is 2.30. The van der Waals surface area contributed by atoms with E-state index >= 15 is 0 Å². The fourth-order valence-corrected chi connectivity index (χ4v) is 1.27. The van der Waals surface area contributed by atoms with Crippen LogP contribution < -0.4 is 22.5 Å². The van der Waals surface area contributed by atoms with Crippen LogP contribution in [0.25, 0.3) is 0 Å². The number of nitrogens with one attached hydrogen (secondary N) is 3. The van der Waals surface area contributed by atoms with Crippen LogP contribution in [0.2, 0.25) is 0 Å². The quantitative estimate of drug-likeness (QED) is 0.203. The SMILES string of the molecule is N=CC(=C\N)/C(N)=C/C(=N)Nc1cccc(N)c1. The van der Waals surface area contributed by atoms with Crippen LogP contribution in [0.5, 0.6) is 0 Å². The minimum atomic E-state index is 0.0827. The van der Waals surface area contributed by atoms with Gasteiger partial charge in [-0.25, -0.2) is 0 Å². The molecule has 0 aliphatic heterocycles. The Kier molecular flexibility index (Phi) is 4.50. The molecule has 0 radical (unpaired) electrons. The summed E-state index contributed by atoms with van der Waals surface area (Å²) in [5.74, 6) is 0.0827. The first-order valence-electron chi connectivity index (χ1n) is 5.18. The van der Waals surface area contributed by atoms with Crippen molar-refractivity contribution in [3.05, 3.63) is 47.8 Å². The second kappa shape index (κ2) is 6.09. The van der Waals surface area contributed by atoms with E-state index in [0.29, 0.717) is 16.9 Å². The molecule has 6 nitrogen and oxygen atoms in total. The molecule has 1 rings (SSSR count). The fraction of sp³-hybridized carbons (Fsp3) is 0. The first-order valence-corrected chi connectivity index (χ1v) is 5.18. The van der Waals surface area contributed by atoms with Gasteiger partial charge in [0, 0.05) is 41.1 Å². The van der Waals surface area contributed by atoms with E-state index in [-0.39, 0.29) is 11.5 Å². The largest absolute Gasteiger partial charge is 0.404 e. The van der Waals surface area contributed by atoms with Crippen LogP contribution in [-0.2, 0) is 0 Å². The Labute approximate surface area is 105 Å². The lowest BCUT2D eigenvalue weighted by Crippen LogP contribution is -2.13. The molecule has 0 fully saturated rings. The molecule has 0 saturated heterocycles. The molecular formula is C12H16N6. The van der Waals surface area contributed by atoms with Crippen LogP contribution in [0.1, 0.15) is 0 Å². The van der Waals surface area contributed by atoms with Gasteiger partial charge in [0.1, 0.15) is 5.84 Å². The monoisotopic (exact) mass is 244 g/mol. The molecule has 0 bridgehead atoms. The minimum absolute atomic E-state index is 0.0827. The summed E-state index contributed by atoms with van der Waals surface area (Å²) in [7, 11) is 0. The van der Waals surface area contributed by atoms with Crippen molar-refractivity contribution in [3.63, 3.8) is 0 Å². The number of allylic oxidation sites excluding steroid dienone is 1. The van der Waals surface area contributed by atoms with Gasteiger partial charge in [-0.05, 0) is 18.2 Å². The molecule has 0 aromatic heterocycles. The van der Waals surface area contributed by atoms with Crippen molar-refractivity contribution in [2.45, 2.75) is 0 Å². The Balaban J connectivity index is 2.78. The molecule has 9 N–H and O–H groups in total. The van der Waals surface area contributed by atoms with Crippen molar-refractivity contribution in [2.75, 3.05) is 11.1 Å². The molecule has 0 atom stereocenters. The molecule has 0 aliphatic rings. The van der Waals surface area contributed by atoms with E-state index in [1.54, 1.807) is 24.3 Å². The van der Waals surface area contributed by atoms with Gasteiger partial charge in [-0.2, -0.15) is 0 Å². The fourth-order valence-electron chi connectivity index (χ4n) is 1.27. The Bertz CT molecular complexity index is 515. The van der Waals surface area contributed by atoms with Gasteiger partial charge in [0.15, 0.2) is 0 Å². The molecule has 6 heteroatoms. The highest BCUT2D eigenvalue weighted by atomic mass is 14.9. The van der Waals surface area contributed by atoms with Gasteiger partial charge >= 0.3 is 0 Å². The summed E-state index contributed by atoms with van der Waals surface area (Å²) in [6.07, 6.45) is 3.62. The summed E-state index contributed by atoms with van der Waals surface area (Å²) in [5, 5.41) is 17.6. The number of amidine groups is 1. The zero-order valence-corrected chi connectivity index (χ0v) is 9.77. The minimum Gasteiger partial charge on any atom is -0.404 e. The molecule has 94 valence electrons. The van der Waals surface area contributed by atoms with Crippen LogP contribution in [0.3, 0.4) is 0 Å². The lowest BCUT2D eigenvalue weighted by Gasteiger charge is -2.06. The van der Waals surface area contributed by atoms with E-state index in [2.05, 4.69) is 5.32 Å². The first-order chi connectivity index (χ1) is 8.56. The number of nitrogen functional groups attached to an aromatic ring is 1. The van der Waals surface area contributed by atoms with Crippen LogP contribution in [-0.4, -0.2) is 12.1 Å². The van der Waals surface area contributed by atoms with E-state index in [9.17, 15) is 0 Å². The summed E-state index contributed by atoms with van der Waals surface area (Å²) in [4.78, 5) is 0. The third-order valence-electron chi connectivity index (χ3n) is 2.13. The van der Waals surface area contributed by atoms with E-state index < -0.39 is 0 Å². The van der Waals surface area contributed by atoms with Crippen molar-refractivity contribution in [1.82, 2.24) is 0 Å². The number of rotatable bonds is 4. The lowest BCUT2D eigenvalue weighted by molar-refractivity contribution is 1.34. The normalized spacial score (nSPS) is 12.0. The zero-order valence-electron chi connectivity index (χ0n) is 9.77. The highest BCUT2D eigenvalue weighted by Gasteiger charge is 2.00. The van der Waals surface area contributed by atoms with E-state index in [1.807, 2.05) is 0 Å². The maximum absolute atomic E-state index is 7.72. The van der Waals surface area contributed by atoms with Gasteiger partial charge < -0.3 is 27.9 Å². The predicted molar refractivity (Wildman–Crippen MR) is 75.5 cm³/mol. The highest BCUT2D eigenvalue weighted by Crippen LogP contribution is 2.12. The standard InChI is InChI=1S/C12H16N6/c13-6-8(7-14)11(16)5-12(17)18-10-3-1-2-9(15)4-10/h1-7,13H,14-16H2,(H2,17,18)/b8-7+,11-5-,13-6?. The maximum atomic E-state index is 7.72. The number of benzene rings is 1. The second-order valence-electron chi connectivity index (χ2n) is 3.53. The van der Waals surface area contributed by atoms with Gasteiger partial charge in [-0.15, -0.1) is 0 Å². The van der Waals surface area contributed by atoms with Crippen LogP contribution >= 0.6 is 0 Å². The molecule has 1 aromatic carbocycles. The van der Waals surface area contributed by atoms with Crippen LogP contribution in [0.15, 0.2) is 47.8 Å². The summed E-state index contributed by atoms with van der Waals surface area (Å²) >= 11 is 0. The Morgan fingerprint density at radius 3 is 2.61 bits per heavy atom. The predicted octanol–water partition coefficient (Wildman–Crippen LogP) is 0.993. The third kappa shape index (κ3) is 3.67. The number of hydrogen-bond acceptors (Lipinski definition) is 5. The molecule has 0 saturated carbocycles. The molecule has 18 heavy (non-hydrogen) atoms. The molecular weight excluding hydrogens is 228 g/mol. The maximum Gasteiger partial charge on any atom is 0.124 e. The molecule has 1 aromatic rings. The number of anilines is 2. The van der Waals surface area contributed by atoms with Gasteiger partial charge in [0.25, 0.3) is 0 Å². The molecule has 0 spiro atoms. The summed E-state index contributed by atoms with van der Waals surface area (Å²) in [6, 6.07) is 7.02. The van der Waals surface area contributed by atoms with Crippen molar-refractivity contribution >= 4 is 23.4 Å². The second-order valence-corrected chi connectivity index (χ2v) is 3.53. The molecule has 0 unspecified atom stereocenters. The van der Waals surface area contributed by atoms with E-state index in [0.717, 1.165) is 6.21 Å². The van der Waals surface area contributed by atoms with Crippen LogP contribution in [0, 0.1) is 10.8 Å². The number of nitrogens with two attached hydrogens (primary N) is 3. The molecule has 0 amide bonds. The number of hydrogen-bond donors (Lipinski definition) is 6. The van der Waals surface area contributed by atoms with E-state index in [1.165, 1.54) is 12.3 Å². The zero-order chi connectivity index (χ0) is 13.5. The average molecular weight is 244 g/mol. The van der Waals surface area contributed by atoms with Gasteiger partial charge in [-0.1, -0.05) is 6.07 Å². The highest BCUT2D eigenvalue weighted by molar-refractivity contribution is 6.03. The van der Waals surface area contributed by atoms with Gasteiger partial charge in [-0.3, -0.25) is 5.41 Å². The Morgan fingerprint density at radius 2 is 2.06 bits per heavy atom. The van der Waals surface area contributed by atoms with Crippen LogP contribution in [0.4, 0.5) is 11.4 Å². The van der Waals surface area contributed by atoms with E-state index in [4.69, 9.17) is 28.0 Å². The Hall–Kier alpha value is -2.76. The van der Waals surface area contributed by atoms with Gasteiger partial charge in [0.05, 0.1) is 0 Å². The summed E-state index contributed by atoms with van der Waals surface area (Å²) in [6.45, 7) is 0. The topological polar surface area (TPSA) is 138 Å². The third-order valence-corrected chi connectivity index (χ3v) is 2.13. The molecule has 0 heterocycles. The summed E-state index contributed by atoms with van der Waals surface area (Å²) in [5.41, 5.74) is 18.5. The smallest absolute Gasteiger partial charge is 0.124 e. The lowest BCUT2D eigenvalue weighted by atomic mass is 10.2. The molecule has 0 aliphatic carbocycles. The van der Waals surface area contributed by atoms with Crippen molar-refractivity contribution in [3.8, 4) is 0 Å². The van der Waals surface area contributed by atoms with Crippen molar-refractivity contribution < 1.29 is 0 Å². The Morgan fingerprint density at radius 1 is 1.33 bits per heavy atom. The summed E-state index contributed by atoms with van der Waals surface area (Å²) < 4.78 is 0.